The molecule has 0 N–H and O–H groups in total. The van der Waals surface area contributed by atoms with Crippen molar-refractivity contribution in [1.29, 1.82) is 0 Å². The molecule has 1 saturated carbocycles. The van der Waals surface area contributed by atoms with Crippen molar-refractivity contribution in [2.75, 3.05) is 13.2 Å². The Kier molecular flexibility index (Phi) is 8.77. The number of hydrogen-bond donors (Lipinski definition) is 0. The molecule has 2 fully saturated rings. The van der Waals surface area contributed by atoms with E-state index >= 15 is 0 Å². The van der Waals surface area contributed by atoms with Crippen molar-refractivity contribution in [2.45, 2.75) is 45.6 Å². The first-order chi connectivity index (χ1) is 16.4. The third kappa shape index (κ3) is 6.26. The fourth-order valence-corrected chi connectivity index (χ4v) is 5.75. The number of carbonyl (C=O) groups is 2. The molecule has 34 heavy (non-hydrogen) atoms. The van der Waals surface area contributed by atoms with E-state index in [2.05, 4.69) is 31.9 Å². The molecule has 0 bridgehead atoms. The van der Waals surface area contributed by atoms with Crippen molar-refractivity contribution < 1.29 is 19.1 Å². The number of rotatable bonds is 8. The molecule has 0 unspecified atom stereocenters. The molecule has 0 spiro atoms. The van der Waals surface area contributed by atoms with Crippen LogP contribution >= 0.6 is 43.6 Å². The van der Waals surface area contributed by atoms with Gasteiger partial charge in [-0.25, -0.2) is 0 Å². The van der Waals surface area contributed by atoms with Gasteiger partial charge in [-0.05, 0) is 78.9 Å². The van der Waals surface area contributed by atoms with Gasteiger partial charge >= 0.3 is 0 Å². The zero-order valence-electron chi connectivity index (χ0n) is 19.0. The van der Waals surface area contributed by atoms with Gasteiger partial charge in [-0.15, -0.1) is 0 Å². The number of nitrogens with zero attached hydrogens (tertiary/aromatic N) is 1. The molecule has 2 aromatic rings. The molecule has 1 aliphatic heterocycles. The average Bonchev–Trinajstić information content (AvgIpc) is 3.09. The molecular formula is C26H27Br2NO4S. The lowest BCUT2D eigenvalue weighted by Gasteiger charge is -2.25. The molecule has 2 aliphatic rings. The summed E-state index contributed by atoms with van der Waals surface area (Å²) in [7, 11) is 0. The van der Waals surface area contributed by atoms with E-state index < -0.39 is 0 Å². The summed E-state index contributed by atoms with van der Waals surface area (Å²) in [5.41, 5.74) is 1.81. The second-order valence-electron chi connectivity index (χ2n) is 8.46. The second kappa shape index (κ2) is 11.8. The number of ether oxygens (including phenoxy) is 2. The normalized spacial score (nSPS) is 18.1. The van der Waals surface area contributed by atoms with Gasteiger partial charge in [0, 0.05) is 15.5 Å². The maximum absolute atomic E-state index is 13.0. The van der Waals surface area contributed by atoms with Gasteiger partial charge in [0.2, 0.25) is 0 Å². The van der Waals surface area contributed by atoms with Crippen LogP contribution in [0.4, 0.5) is 4.79 Å². The zero-order chi connectivity index (χ0) is 24.1. The molecule has 2 amide bonds. The fraction of sp³-hybridized carbons (Fsp3) is 0.385. The molecule has 4 rings (SSSR count). The number of thioether (sulfide) groups is 1. The molecule has 180 valence electrons. The van der Waals surface area contributed by atoms with E-state index in [4.69, 9.17) is 9.47 Å². The molecule has 2 aromatic carbocycles. The Morgan fingerprint density at radius 3 is 2.44 bits per heavy atom. The van der Waals surface area contributed by atoms with Gasteiger partial charge in [0.05, 0.1) is 11.5 Å². The first-order valence-corrected chi connectivity index (χ1v) is 13.9. The fourth-order valence-electron chi connectivity index (χ4n) is 4.21. The topological polar surface area (TPSA) is 55.8 Å². The number of imide groups is 1. The average molecular weight is 609 g/mol. The second-order valence-corrected chi connectivity index (χ2v) is 11.2. The van der Waals surface area contributed by atoms with Crippen molar-refractivity contribution in [3.8, 4) is 11.5 Å². The third-order valence-corrected chi connectivity index (χ3v) is 8.12. The Morgan fingerprint density at radius 1 is 1.03 bits per heavy atom. The summed E-state index contributed by atoms with van der Waals surface area (Å²) >= 11 is 8.05. The smallest absolute Gasteiger partial charge is 0.293 e. The summed E-state index contributed by atoms with van der Waals surface area (Å²) in [6, 6.07) is 11.6. The SMILES string of the molecule is CCOc1cc(/C=C2/SC(=O)N(CC3CCCCC3)C2=O)c(Br)cc1OCc1ccc(Br)cc1. The van der Waals surface area contributed by atoms with Gasteiger partial charge in [-0.3, -0.25) is 14.5 Å². The Bertz CT molecular complexity index is 1080. The number of halogens is 2. The van der Waals surface area contributed by atoms with Crippen LogP contribution in [0.25, 0.3) is 6.08 Å². The Hall–Kier alpha value is -1.77. The van der Waals surface area contributed by atoms with Gasteiger partial charge in [0.15, 0.2) is 11.5 Å². The maximum atomic E-state index is 13.0. The van der Waals surface area contributed by atoms with Crippen LogP contribution in [0.5, 0.6) is 11.5 Å². The number of amides is 2. The number of benzene rings is 2. The minimum atomic E-state index is -0.207. The number of hydrogen-bond acceptors (Lipinski definition) is 5. The van der Waals surface area contributed by atoms with Crippen molar-refractivity contribution in [3.05, 3.63) is 61.4 Å². The van der Waals surface area contributed by atoms with E-state index in [1.165, 1.54) is 24.2 Å². The summed E-state index contributed by atoms with van der Waals surface area (Å²) in [4.78, 5) is 27.4. The monoisotopic (exact) mass is 607 g/mol. The third-order valence-electron chi connectivity index (χ3n) is 6.00. The highest BCUT2D eigenvalue weighted by Crippen LogP contribution is 2.39. The van der Waals surface area contributed by atoms with Crippen molar-refractivity contribution >= 4 is 60.8 Å². The highest BCUT2D eigenvalue weighted by atomic mass is 79.9. The summed E-state index contributed by atoms with van der Waals surface area (Å²) in [5, 5.41) is -0.183. The lowest BCUT2D eigenvalue weighted by molar-refractivity contribution is -0.123. The van der Waals surface area contributed by atoms with Crippen molar-refractivity contribution in [1.82, 2.24) is 4.90 Å². The minimum absolute atomic E-state index is 0.183. The van der Waals surface area contributed by atoms with Crippen LogP contribution in [0.3, 0.4) is 0 Å². The number of carbonyl (C=O) groups excluding carboxylic acids is 2. The predicted molar refractivity (Wildman–Crippen MR) is 143 cm³/mol. The van der Waals surface area contributed by atoms with Gasteiger partial charge in [-0.2, -0.15) is 0 Å². The largest absolute Gasteiger partial charge is 0.490 e. The first kappa shape index (κ1) is 25.3. The van der Waals surface area contributed by atoms with Crippen molar-refractivity contribution in [3.63, 3.8) is 0 Å². The van der Waals surface area contributed by atoms with Gasteiger partial charge in [-0.1, -0.05) is 63.3 Å². The summed E-state index contributed by atoms with van der Waals surface area (Å²) in [6.45, 7) is 3.32. The summed E-state index contributed by atoms with van der Waals surface area (Å²) < 4.78 is 13.6. The van der Waals surface area contributed by atoms with Gasteiger partial charge < -0.3 is 9.47 Å². The molecule has 0 aromatic heterocycles. The molecule has 8 heteroatoms. The lowest BCUT2D eigenvalue weighted by atomic mass is 9.89. The molecule has 0 radical (unpaired) electrons. The Labute approximate surface area is 221 Å². The highest BCUT2D eigenvalue weighted by Gasteiger charge is 2.36. The van der Waals surface area contributed by atoms with Crippen LogP contribution < -0.4 is 9.47 Å². The van der Waals surface area contributed by atoms with E-state index in [0.717, 1.165) is 44.7 Å². The van der Waals surface area contributed by atoms with E-state index in [9.17, 15) is 9.59 Å². The predicted octanol–water partition coefficient (Wildman–Crippen LogP) is 7.81. The van der Waals surface area contributed by atoms with Crippen LogP contribution in [0.1, 0.15) is 50.2 Å². The maximum Gasteiger partial charge on any atom is 0.293 e. The minimum Gasteiger partial charge on any atom is -0.490 e. The van der Waals surface area contributed by atoms with E-state index in [-0.39, 0.29) is 11.1 Å². The van der Waals surface area contributed by atoms with Gasteiger partial charge in [0.25, 0.3) is 11.1 Å². The zero-order valence-corrected chi connectivity index (χ0v) is 23.0. The van der Waals surface area contributed by atoms with Crippen LogP contribution in [0.15, 0.2) is 50.2 Å². The van der Waals surface area contributed by atoms with E-state index in [1.807, 2.05) is 43.3 Å². The standard InChI is InChI=1S/C26H27Br2NO4S/c1-2-32-22-12-19(21(28)14-23(22)33-16-18-8-10-20(27)11-9-18)13-24-25(30)29(26(31)34-24)15-17-6-4-3-5-7-17/h8-14,17H,2-7,15-16H2,1H3/b24-13+. The van der Waals surface area contributed by atoms with Crippen LogP contribution in [-0.4, -0.2) is 29.2 Å². The molecule has 1 aliphatic carbocycles. The first-order valence-electron chi connectivity index (χ1n) is 11.5. The van der Waals surface area contributed by atoms with Crippen molar-refractivity contribution in [2.24, 2.45) is 5.92 Å². The Balaban J connectivity index is 1.51. The molecule has 1 heterocycles. The van der Waals surface area contributed by atoms with Crippen LogP contribution in [0.2, 0.25) is 0 Å². The highest BCUT2D eigenvalue weighted by molar-refractivity contribution is 9.10. The molecule has 1 saturated heterocycles. The van der Waals surface area contributed by atoms with Crippen LogP contribution in [-0.2, 0) is 11.4 Å². The molecule has 0 atom stereocenters. The molecule has 5 nitrogen and oxygen atoms in total. The van der Waals surface area contributed by atoms with E-state index in [0.29, 0.717) is 42.1 Å². The molecular weight excluding hydrogens is 582 g/mol. The summed E-state index contributed by atoms with van der Waals surface area (Å²) in [5.74, 6) is 1.41. The van der Waals surface area contributed by atoms with Crippen LogP contribution in [0, 0.1) is 5.92 Å². The Morgan fingerprint density at radius 2 is 1.74 bits per heavy atom. The van der Waals surface area contributed by atoms with E-state index in [1.54, 1.807) is 6.08 Å². The lowest BCUT2D eigenvalue weighted by Crippen LogP contribution is -2.34. The van der Waals surface area contributed by atoms with Gasteiger partial charge in [0.1, 0.15) is 6.61 Å². The summed E-state index contributed by atoms with van der Waals surface area (Å²) in [6.07, 6.45) is 7.55. The quantitative estimate of drug-likeness (QED) is 0.286.